The highest BCUT2D eigenvalue weighted by molar-refractivity contribution is 5.85. The summed E-state index contributed by atoms with van der Waals surface area (Å²) in [6.07, 6.45) is 5.64. The van der Waals surface area contributed by atoms with Crippen molar-refractivity contribution in [3.05, 3.63) is 35.9 Å². The summed E-state index contributed by atoms with van der Waals surface area (Å²) in [5.74, 6) is 0. The molecule has 2 aliphatic rings. The summed E-state index contributed by atoms with van der Waals surface area (Å²) in [5, 5.41) is 3.69. The zero-order chi connectivity index (χ0) is 12.3. The van der Waals surface area contributed by atoms with Gasteiger partial charge in [0, 0.05) is 19.6 Å². The fourth-order valence-electron chi connectivity index (χ4n) is 3.68. The van der Waals surface area contributed by atoms with E-state index in [0.29, 0.717) is 5.41 Å². The molecular formula is C16H25ClN2. The molecule has 2 fully saturated rings. The maximum absolute atomic E-state index is 3.69. The molecule has 2 bridgehead atoms. The molecule has 0 aromatic heterocycles. The third-order valence-corrected chi connectivity index (χ3v) is 4.59. The Hall–Kier alpha value is -0.570. The lowest BCUT2D eigenvalue weighted by molar-refractivity contribution is 0.0379. The number of hydrogen-bond acceptors (Lipinski definition) is 2. The van der Waals surface area contributed by atoms with Gasteiger partial charge in [-0.15, -0.1) is 12.4 Å². The van der Waals surface area contributed by atoms with E-state index < -0.39 is 0 Å². The number of piperidine rings is 2. The van der Waals surface area contributed by atoms with Crippen molar-refractivity contribution in [2.45, 2.75) is 32.2 Å². The minimum atomic E-state index is 0. The summed E-state index contributed by atoms with van der Waals surface area (Å²) in [6, 6.07) is 10.7. The van der Waals surface area contributed by atoms with Gasteiger partial charge in [-0.2, -0.15) is 0 Å². The fraction of sp³-hybridized carbons (Fsp3) is 0.625. The first-order chi connectivity index (χ1) is 8.86. The van der Waals surface area contributed by atoms with Gasteiger partial charge in [-0.25, -0.2) is 0 Å². The van der Waals surface area contributed by atoms with Crippen LogP contribution in [0.2, 0.25) is 0 Å². The summed E-state index contributed by atoms with van der Waals surface area (Å²) in [7, 11) is 0. The van der Waals surface area contributed by atoms with Gasteiger partial charge in [-0.1, -0.05) is 30.3 Å². The topological polar surface area (TPSA) is 15.3 Å². The minimum absolute atomic E-state index is 0. The van der Waals surface area contributed by atoms with E-state index in [1.54, 1.807) is 0 Å². The molecular weight excluding hydrogens is 256 g/mol. The second kappa shape index (κ2) is 6.74. The number of halogens is 1. The van der Waals surface area contributed by atoms with Crippen LogP contribution in [0.15, 0.2) is 30.3 Å². The lowest BCUT2D eigenvalue weighted by atomic mass is 9.73. The lowest BCUT2D eigenvalue weighted by Crippen LogP contribution is -2.51. The molecule has 0 amide bonds. The molecule has 0 unspecified atom stereocenters. The van der Waals surface area contributed by atoms with Crippen molar-refractivity contribution in [1.29, 1.82) is 0 Å². The Bertz CT molecular complexity index is 370. The molecule has 1 aromatic carbocycles. The highest BCUT2D eigenvalue weighted by Crippen LogP contribution is 2.37. The van der Waals surface area contributed by atoms with Crippen LogP contribution < -0.4 is 5.32 Å². The lowest BCUT2D eigenvalue weighted by Gasteiger charge is -2.47. The third kappa shape index (κ3) is 3.71. The van der Waals surface area contributed by atoms with Crippen molar-refractivity contribution >= 4 is 12.4 Å². The van der Waals surface area contributed by atoms with E-state index in [4.69, 9.17) is 0 Å². The molecule has 2 aliphatic heterocycles. The van der Waals surface area contributed by atoms with Crippen molar-refractivity contribution in [2.24, 2.45) is 5.41 Å². The molecule has 0 atom stereocenters. The minimum Gasteiger partial charge on any atom is -0.312 e. The predicted octanol–water partition coefficient (Wildman–Crippen LogP) is 3.07. The second-order valence-electron chi connectivity index (χ2n) is 6.07. The van der Waals surface area contributed by atoms with E-state index in [1.807, 2.05) is 0 Å². The first-order valence-corrected chi connectivity index (χ1v) is 7.33. The largest absolute Gasteiger partial charge is 0.312 e. The van der Waals surface area contributed by atoms with Gasteiger partial charge >= 0.3 is 0 Å². The SMILES string of the molecule is Cl.c1ccc(CNCC23CCCN(CCC2)C3)cc1. The normalized spacial score (nSPS) is 29.6. The van der Waals surface area contributed by atoms with Gasteiger partial charge in [0.25, 0.3) is 0 Å². The van der Waals surface area contributed by atoms with E-state index in [1.165, 1.54) is 57.4 Å². The highest BCUT2D eigenvalue weighted by Gasteiger charge is 2.37. The van der Waals surface area contributed by atoms with Gasteiger partial charge in [0.1, 0.15) is 0 Å². The van der Waals surface area contributed by atoms with E-state index >= 15 is 0 Å². The van der Waals surface area contributed by atoms with Crippen LogP contribution in [0.1, 0.15) is 31.2 Å². The zero-order valence-electron chi connectivity index (χ0n) is 11.6. The molecule has 1 aromatic rings. The fourth-order valence-corrected chi connectivity index (χ4v) is 3.68. The Labute approximate surface area is 123 Å². The highest BCUT2D eigenvalue weighted by atomic mass is 35.5. The molecule has 2 heterocycles. The second-order valence-corrected chi connectivity index (χ2v) is 6.07. The predicted molar refractivity (Wildman–Crippen MR) is 82.7 cm³/mol. The van der Waals surface area contributed by atoms with Gasteiger partial charge in [0.05, 0.1) is 0 Å². The molecule has 106 valence electrons. The Balaban J connectivity index is 0.00000133. The number of nitrogens with one attached hydrogen (secondary N) is 1. The maximum Gasteiger partial charge on any atom is 0.0205 e. The Morgan fingerprint density at radius 2 is 1.74 bits per heavy atom. The summed E-state index contributed by atoms with van der Waals surface area (Å²) in [6.45, 7) is 6.21. The van der Waals surface area contributed by atoms with E-state index in [2.05, 4.69) is 40.5 Å². The van der Waals surface area contributed by atoms with Crippen LogP contribution in [0, 0.1) is 5.41 Å². The van der Waals surface area contributed by atoms with Crippen LogP contribution in [0.25, 0.3) is 0 Å². The molecule has 0 aliphatic carbocycles. The van der Waals surface area contributed by atoms with Crippen LogP contribution in [0.5, 0.6) is 0 Å². The number of benzene rings is 1. The van der Waals surface area contributed by atoms with Gasteiger partial charge in [0.2, 0.25) is 0 Å². The number of rotatable bonds is 4. The van der Waals surface area contributed by atoms with Crippen molar-refractivity contribution in [3.63, 3.8) is 0 Å². The molecule has 19 heavy (non-hydrogen) atoms. The van der Waals surface area contributed by atoms with Crippen molar-refractivity contribution in [1.82, 2.24) is 10.2 Å². The van der Waals surface area contributed by atoms with Crippen LogP contribution in [-0.4, -0.2) is 31.1 Å². The molecule has 0 spiro atoms. The van der Waals surface area contributed by atoms with E-state index in [-0.39, 0.29) is 12.4 Å². The van der Waals surface area contributed by atoms with E-state index in [0.717, 1.165) is 6.54 Å². The number of fused-ring (bicyclic) bond motifs is 2. The Kier molecular flexibility index (Phi) is 5.26. The smallest absolute Gasteiger partial charge is 0.0205 e. The molecule has 2 saturated heterocycles. The number of nitrogens with zero attached hydrogens (tertiary/aromatic N) is 1. The van der Waals surface area contributed by atoms with Crippen LogP contribution in [-0.2, 0) is 6.54 Å². The molecule has 1 N–H and O–H groups in total. The quantitative estimate of drug-likeness (QED) is 0.912. The average Bonchev–Trinajstić information content (AvgIpc) is 2.40. The van der Waals surface area contributed by atoms with Crippen molar-refractivity contribution in [2.75, 3.05) is 26.2 Å². The zero-order valence-corrected chi connectivity index (χ0v) is 12.4. The monoisotopic (exact) mass is 280 g/mol. The first kappa shape index (κ1) is 14.8. The molecule has 2 nitrogen and oxygen atoms in total. The van der Waals surface area contributed by atoms with Gasteiger partial charge in [0.15, 0.2) is 0 Å². The first-order valence-electron chi connectivity index (χ1n) is 7.33. The molecule has 0 saturated carbocycles. The summed E-state index contributed by atoms with van der Waals surface area (Å²) in [4.78, 5) is 2.66. The Morgan fingerprint density at radius 1 is 1.05 bits per heavy atom. The van der Waals surface area contributed by atoms with Crippen LogP contribution in [0.4, 0.5) is 0 Å². The average molecular weight is 281 g/mol. The van der Waals surface area contributed by atoms with Gasteiger partial charge in [-0.05, 0) is 49.8 Å². The summed E-state index contributed by atoms with van der Waals surface area (Å²) >= 11 is 0. The standard InChI is InChI=1S/C16H24N2.ClH/c1-2-6-15(7-3-1)12-17-13-16-8-4-10-18(14-16)11-5-9-16;/h1-3,6-7,17H,4-5,8-14H2;1H. The maximum atomic E-state index is 3.69. The molecule has 3 rings (SSSR count). The van der Waals surface area contributed by atoms with Gasteiger partial charge in [-0.3, -0.25) is 0 Å². The molecule has 0 radical (unpaired) electrons. The third-order valence-electron chi connectivity index (χ3n) is 4.59. The van der Waals surface area contributed by atoms with Crippen molar-refractivity contribution < 1.29 is 0 Å². The van der Waals surface area contributed by atoms with Crippen LogP contribution in [0.3, 0.4) is 0 Å². The molecule has 3 heteroatoms. The van der Waals surface area contributed by atoms with Crippen molar-refractivity contribution in [3.8, 4) is 0 Å². The summed E-state index contributed by atoms with van der Waals surface area (Å²) < 4.78 is 0. The Morgan fingerprint density at radius 3 is 2.42 bits per heavy atom. The van der Waals surface area contributed by atoms with Gasteiger partial charge < -0.3 is 10.2 Å². The van der Waals surface area contributed by atoms with E-state index in [9.17, 15) is 0 Å². The van der Waals surface area contributed by atoms with Crippen LogP contribution >= 0.6 is 12.4 Å². The summed E-state index contributed by atoms with van der Waals surface area (Å²) in [5.41, 5.74) is 1.98. The number of hydrogen-bond donors (Lipinski definition) is 1.